The molecular formula is C22H13Cl3F3N3O. The molecule has 0 amide bonds. The third-order valence-electron chi connectivity index (χ3n) is 4.83. The highest BCUT2D eigenvalue weighted by Crippen LogP contribution is 2.35. The number of anilines is 1. The Hall–Kier alpha value is -2.61. The van der Waals surface area contributed by atoms with Crippen molar-refractivity contribution in [1.29, 1.82) is 0 Å². The van der Waals surface area contributed by atoms with Crippen LogP contribution in [0.25, 0.3) is 0 Å². The Labute approximate surface area is 196 Å². The molecule has 0 fully saturated rings. The number of nitrogens with zero attached hydrogens (tertiary/aromatic N) is 2. The quantitative estimate of drug-likeness (QED) is 0.435. The second kappa shape index (κ2) is 8.73. The molecule has 2 heterocycles. The summed E-state index contributed by atoms with van der Waals surface area (Å²) in [6.45, 7) is -0.0323. The van der Waals surface area contributed by atoms with Crippen LogP contribution in [0.4, 0.5) is 18.9 Å². The summed E-state index contributed by atoms with van der Waals surface area (Å²) in [7, 11) is 0. The average Bonchev–Trinajstić information content (AvgIpc) is 2.73. The van der Waals surface area contributed by atoms with Crippen LogP contribution in [0, 0.1) is 0 Å². The zero-order valence-electron chi connectivity index (χ0n) is 16.1. The average molecular weight is 499 g/mol. The van der Waals surface area contributed by atoms with Crippen LogP contribution in [0.15, 0.2) is 53.7 Å². The normalized spacial score (nSPS) is 13.6. The molecule has 10 heteroatoms. The van der Waals surface area contributed by atoms with Crippen LogP contribution >= 0.6 is 34.8 Å². The van der Waals surface area contributed by atoms with Crippen molar-refractivity contribution >= 4 is 52.0 Å². The van der Waals surface area contributed by atoms with E-state index in [1.165, 1.54) is 18.3 Å². The molecule has 0 spiro atoms. The van der Waals surface area contributed by atoms with E-state index in [0.29, 0.717) is 43.8 Å². The second-order valence-electron chi connectivity index (χ2n) is 6.97. The molecule has 1 aliphatic rings. The number of nitrogens with one attached hydrogen (secondary N) is 1. The van der Waals surface area contributed by atoms with Gasteiger partial charge in [0.2, 0.25) is 0 Å². The lowest BCUT2D eigenvalue weighted by atomic mass is 9.94. The van der Waals surface area contributed by atoms with Crippen molar-refractivity contribution < 1.29 is 18.0 Å². The molecule has 0 saturated carbocycles. The van der Waals surface area contributed by atoms with Gasteiger partial charge in [-0.1, -0.05) is 53.0 Å². The molecule has 4 nitrogen and oxygen atoms in total. The van der Waals surface area contributed by atoms with Crippen molar-refractivity contribution in [2.24, 2.45) is 4.99 Å². The minimum absolute atomic E-state index is 0.0386. The van der Waals surface area contributed by atoms with Gasteiger partial charge in [0.15, 0.2) is 5.78 Å². The molecule has 0 radical (unpaired) electrons. The molecule has 0 aliphatic carbocycles. The number of alkyl halides is 3. The first-order chi connectivity index (χ1) is 15.1. The largest absolute Gasteiger partial charge is 0.417 e. The lowest BCUT2D eigenvalue weighted by Gasteiger charge is -2.20. The zero-order chi connectivity index (χ0) is 23.0. The Morgan fingerprint density at radius 2 is 1.81 bits per heavy atom. The second-order valence-corrected chi connectivity index (χ2v) is 8.22. The number of rotatable bonds is 4. The number of hydrogen-bond acceptors (Lipinski definition) is 4. The van der Waals surface area contributed by atoms with Crippen LogP contribution in [-0.2, 0) is 12.7 Å². The first-order valence-electron chi connectivity index (χ1n) is 9.27. The maximum atomic E-state index is 13.2. The molecule has 2 aromatic carbocycles. The first-order valence-corrected chi connectivity index (χ1v) is 10.4. The zero-order valence-corrected chi connectivity index (χ0v) is 18.4. The number of aromatic nitrogens is 1. The molecule has 32 heavy (non-hydrogen) atoms. The van der Waals surface area contributed by atoms with E-state index in [0.717, 1.165) is 6.07 Å². The maximum absolute atomic E-state index is 13.2. The topological polar surface area (TPSA) is 54.4 Å². The van der Waals surface area contributed by atoms with Crippen LogP contribution < -0.4 is 5.32 Å². The molecule has 0 saturated heterocycles. The molecule has 0 bridgehead atoms. The first kappa shape index (κ1) is 22.6. The fourth-order valence-corrected chi connectivity index (χ4v) is 4.01. The number of carbonyl (C=O) groups is 1. The summed E-state index contributed by atoms with van der Waals surface area (Å²) in [5.74, 6) is -0.171. The van der Waals surface area contributed by atoms with Crippen LogP contribution in [0.2, 0.25) is 15.1 Å². The number of fused-ring (bicyclic) bond motifs is 1. The Kier molecular flexibility index (Phi) is 6.16. The van der Waals surface area contributed by atoms with Gasteiger partial charge in [-0.3, -0.25) is 14.8 Å². The smallest absolute Gasteiger partial charge is 0.379 e. The van der Waals surface area contributed by atoms with E-state index < -0.39 is 11.7 Å². The van der Waals surface area contributed by atoms with Crippen molar-refractivity contribution in [1.82, 2.24) is 4.98 Å². The van der Waals surface area contributed by atoms with E-state index >= 15 is 0 Å². The lowest BCUT2D eigenvalue weighted by molar-refractivity contribution is -0.137. The molecular weight excluding hydrogens is 486 g/mol. The summed E-state index contributed by atoms with van der Waals surface area (Å²) < 4.78 is 39.5. The number of halogens is 6. The van der Waals surface area contributed by atoms with Crippen molar-refractivity contribution in [3.63, 3.8) is 0 Å². The van der Waals surface area contributed by atoms with Crippen molar-refractivity contribution in [2.75, 3.05) is 11.9 Å². The molecule has 3 aromatic rings. The summed E-state index contributed by atoms with van der Waals surface area (Å²) in [6.07, 6.45) is -3.15. The summed E-state index contributed by atoms with van der Waals surface area (Å²) in [4.78, 5) is 21.0. The Morgan fingerprint density at radius 3 is 2.56 bits per heavy atom. The van der Waals surface area contributed by atoms with Crippen LogP contribution in [0.1, 0.15) is 32.7 Å². The molecule has 0 unspecified atom stereocenters. The number of pyridine rings is 1. The molecule has 164 valence electrons. The predicted octanol–water partition coefficient (Wildman–Crippen LogP) is 6.71. The van der Waals surface area contributed by atoms with E-state index in [1.54, 1.807) is 24.3 Å². The molecule has 1 aliphatic heterocycles. The molecule has 1 N–H and O–H groups in total. The van der Waals surface area contributed by atoms with Gasteiger partial charge in [0.05, 0.1) is 32.0 Å². The van der Waals surface area contributed by atoms with Crippen LogP contribution in [0.3, 0.4) is 0 Å². The Morgan fingerprint density at radius 1 is 1.03 bits per heavy atom. The number of hydrogen-bond donors (Lipinski definition) is 1. The monoisotopic (exact) mass is 497 g/mol. The van der Waals surface area contributed by atoms with E-state index in [-0.39, 0.29) is 23.9 Å². The number of carbonyl (C=O) groups excluding carboxylic acids is 1. The van der Waals surface area contributed by atoms with Crippen LogP contribution in [0.5, 0.6) is 0 Å². The minimum Gasteiger partial charge on any atom is -0.379 e. The highest BCUT2D eigenvalue weighted by atomic mass is 35.5. The standard InChI is InChI=1S/C22H13Cl3F3N3O/c23-12-7-17(29-8-11-4-5-15(24)14(6-11)22(26,27)28)20(30-9-12)21-19-13(18(32)10-31-21)2-1-3-16(19)25/h1-7,9,29H,8,10H2. The Bertz CT molecular complexity index is 1260. The summed E-state index contributed by atoms with van der Waals surface area (Å²) in [6, 6.07) is 10.2. The molecule has 1 aromatic heterocycles. The van der Waals surface area contributed by atoms with Gasteiger partial charge < -0.3 is 5.32 Å². The van der Waals surface area contributed by atoms with E-state index in [4.69, 9.17) is 34.8 Å². The van der Waals surface area contributed by atoms with E-state index in [1.807, 2.05) is 0 Å². The van der Waals surface area contributed by atoms with Gasteiger partial charge in [-0.15, -0.1) is 0 Å². The van der Waals surface area contributed by atoms with Gasteiger partial charge in [0.1, 0.15) is 12.2 Å². The highest BCUT2D eigenvalue weighted by molar-refractivity contribution is 6.38. The Balaban J connectivity index is 1.71. The van der Waals surface area contributed by atoms with Gasteiger partial charge in [0.25, 0.3) is 0 Å². The van der Waals surface area contributed by atoms with Crippen molar-refractivity contribution in [2.45, 2.75) is 12.7 Å². The number of ketones is 1. The van der Waals surface area contributed by atoms with Gasteiger partial charge in [-0.25, -0.2) is 0 Å². The highest BCUT2D eigenvalue weighted by Gasteiger charge is 2.33. The van der Waals surface area contributed by atoms with E-state index in [2.05, 4.69) is 15.3 Å². The van der Waals surface area contributed by atoms with Gasteiger partial charge in [-0.2, -0.15) is 13.2 Å². The van der Waals surface area contributed by atoms with Crippen molar-refractivity contribution in [3.8, 4) is 0 Å². The minimum atomic E-state index is -4.57. The summed E-state index contributed by atoms with van der Waals surface area (Å²) in [5, 5.41) is 3.34. The third-order valence-corrected chi connectivity index (χ3v) is 5.68. The SMILES string of the molecule is O=C1CN=C(c2ncc(Cl)cc2NCc2ccc(Cl)c(C(F)(F)F)c2)c2c(Cl)cccc21. The van der Waals surface area contributed by atoms with E-state index in [9.17, 15) is 18.0 Å². The third kappa shape index (κ3) is 4.46. The van der Waals surface area contributed by atoms with Crippen LogP contribution in [-0.4, -0.2) is 23.0 Å². The van der Waals surface area contributed by atoms with Gasteiger partial charge in [0, 0.05) is 23.9 Å². The fourth-order valence-electron chi connectivity index (χ4n) is 3.37. The maximum Gasteiger partial charge on any atom is 0.417 e. The van der Waals surface area contributed by atoms with Gasteiger partial charge >= 0.3 is 6.18 Å². The fraction of sp³-hybridized carbons (Fsp3) is 0.136. The number of Topliss-reactive ketones (excluding diaryl/α,β-unsaturated/α-hetero) is 1. The molecule has 0 atom stereocenters. The van der Waals surface area contributed by atoms with Gasteiger partial charge in [-0.05, 0) is 29.8 Å². The molecule has 4 rings (SSSR count). The summed E-state index contributed by atoms with van der Waals surface area (Å²) in [5.41, 5.74) is 1.52. The number of aliphatic imine (C=N–C) groups is 1. The van der Waals surface area contributed by atoms with Crippen molar-refractivity contribution in [3.05, 3.63) is 91.7 Å². The predicted molar refractivity (Wildman–Crippen MR) is 119 cm³/mol. The summed E-state index contributed by atoms with van der Waals surface area (Å²) >= 11 is 18.2. The lowest BCUT2D eigenvalue weighted by Crippen LogP contribution is -2.22. The number of benzene rings is 2.